The SMILES string of the molecule is N#Cc1ccc(C(=O)Nc2cccc3ncccc23)nc1. The van der Waals surface area contributed by atoms with Gasteiger partial charge in [-0.15, -0.1) is 0 Å². The zero-order valence-electron chi connectivity index (χ0n) is 10.9. The highest BCUT2D eigenvalue weighted by atomic mass is 16.1. The lowest BCUT2D eigenvalue weighted by molar-refractivity contribution is 0.102. The Morgan fingerprint density at radius 2 is 2.00 bits per heavy atom. The minimum absolute atomic E-state index is 0.259. The second-order valence-electron chi connectivity index (χ2n) is 4.37. The predicted octanol–water partition coefficient (Wildman–Crippen LogP) is 2.75. The Morgan fingerprint density at radius 3 is 2.76 bits per heavy atom. The second kappa shape index (κ2) is 5.39. The normalized spacial score (nSPS) is 10.0. The van der Waals surface area contributed by atoms with Gasteiger partial charge in [-0.3, -0.25) is 9.78 Å². The molecule has 0 bridgehead atoms. The van der Waals surface area contributed by atoms with Gasteiger partial charge in [0, 0.05) is 17.8 Å². The molecule has 0 aliphatic carbocycles. The standard InChI is InChI=1S/C16H10N4O/c17-9-11-6-7-15(19-10-11)16(21)20-14-5-1-4-13-12(14)3-2-8-18-13/h1-8,10H,(H,20,21). The number of benzene rings is 1. The molecule has 100 valence electrons. The minimum Gasteiger partial charge on any atom is -0.320 e. The summed E-state index contributed by atoms with van der Waals surface area (Å²) in [5.41, 5.74) is 2.16. The lowest BCUT2D eigenvalue weighted by Gasteiger charge is -2.07. The van der Waals surface area contributed by atoms with Gasteiger partial charge in [0.15, 0.2) is 0 Å². The number of rotatable bonds is 2. The minimum atomic E-state index is -0.323. The number of nitrogens with one attached hydrogen (secondary N) is 1. The first kappa shape index (κ1) is 12.8. The van der Waals surface area contributed by atoms with E-state index >= 15 is 0 Å². The molecular weight excluding hydrogens is 264 g/mol. The molecule has 2 heterocycles. The molecule has 0 fully saturated rings. The fraction of sp³-hybridized carbons (Fsp3) is 0. The van der Waals surface area contributed by atoms with Crippen LogP contribution in [0.2, 0.25) is 0 Å². The van der Waals surface area contributed by atoms with Crippen LogP contribution in [-0.2, 0) is 0 Å². The van der Waals surface area contributed by atoms with Crippen LogP contribution >= 0.6 is 0 Å². The average molecular weight is 274 g/mol. The molecule has 1 aromatic carbocycles. The van der Waals surface area contributed by atoms with Crippen LogP contribution in [0, 0.1) is 11.3 Å². The average Bonchev–Trinajstić information content (AvgIpc) is 2.55. The predicted molar refractivity (Wildman–Crippen MR) is 78.6 cm³/mol. The number of hydrogen-bond acceptors (Lipinski definition) is 4. The van der Waals surface area contributed by atoms with Crippen LogP contribution in [-0.4, -0.2) is 15.9 Å². The van der Waals surface area contributed by atoms with Crippen molar-refractivity contribution in [3.8, 4) is 6.07 Å². The van der Waals surface area contributed by atoms with Crippen LogP contribution in [0.3, 0.4) is 0 Å². The summed E-state index contributed by atoms with van der Waals surface area (Å²) in [6.07, 6.45) is 3.08. The number of pyridine rings is 2. The quantitative estimate of drug-likeness (QED) is 0.779. The molecule has 0 spiro atoms. The Hall–Kier alpha value is -3.26. The molecule has 0 radical (unpaired) electrons. The van der Waals surface area contributed by atoms with Crippen molar-refractivity contribution >= 4 is 22.5 Å². The van der Waals surface area contributed by atoms with Crippen molar-refractivity contribution < 1.29 is 4.79 Å². The van der Waals surface area contributed by atoms with E-state index in [2.05, 4.69) is 15.3 Å². The van der Waals surface area contributed by atoms with E-state index in [9.17, 15) is 4.79 Å². The van der Waals surface area contributed by atoms with Gasteiger partial charge in [-0.1, -0.05) is 6.07 Å². The molecule has 0 atom stereocenters. The smallest absolute Gasteiger partial charge is 0.274 e. The number of nitrogens with zero attached hydrogens (tertiary/aromatic N) is 3. The highest BCUT2D eigenvalue weighted by Crippen LogP contribution is 2.21. The van der Waals surface area contributed by atoms with E-state index in [1.165, 1.54) is 12.3 Å². The van der Waals surface area contributed by atoms with Crippen molar-refractivity contribution in [3.05, 3.63) is 66.1 Å². The highest BCUT2D eigenvalue weighted by molar-refractivity contribution is 6.07. The van der Waals surface area contributed by atoms with Crippen molar-refractivity contribution in [2.45, 2.75) is 0 Å². The van der Waals surface area contributed by atoms with Gasteiger partial charge >= 0.3 is 0 Å². The maximum absolute atomic E-state index is 12.2. The molecule has 1 N–H and O–H groups in total. The fourth-order valence-corrected chi connectivity index (χ4v) is 1.99. The molecule has 5 heteroatoms. The fourth-order valence-electron chi connectivity index (χ4n) is 1.99. The number of fused-ring (bicyclic) bond motifs is 1. The van der Waals surface area contributed by atoms with Crippen molar-refractivity contribution in [3.63, 3.8) is 0 Å². The van der Waals surface area contributed by atoms with Gasteiger partial charge < -0.3 is 5.32 Å². The van der Waals surface area contributed by atoms with Crippen LogP contribution in [0.4, 0.5) is 5.69 Å². The third-order valence-electron chi connectivity index (χ3n) is 3.02. The van der Waals surface area contributed by atoms with E-state index in [1.807, 2.05) is 36.4 Å². The summed E-state index contributed by atoms with van der Waals surface area (Å²) in [5.74, 6) is -0.323. The third-order valence-corrected chi connectivity index (χ3v) is 3.02. The summed E-state index contributed by atoms with van der Waals surface area (Å²) in [5, 5.41) is 12.4. The van der Waals surface area contributed by atoms with Gasteiger partial charge in [-0.05, 0) is 36.4 Å². The first-order valence-electron chi connectivity index (χ1n) is 6.29. The topological polar surface area (TPSA) is 78.7 Å². The van der Waals surface area contributed by atoms with Crippen LogP contribution in [0.5, 0.6) is 0 Å². The lowest BCUT2D eigenvalue weighted by atomic mass is 10.1. The number of carbonyl (C=O) groups is 1. The molecule has 2 aromatic heterocycles. The summed E-state index contributed by atoms with van der Waals surface area (Å²) < 4.78 is 0. The van der Waals surface area contributed by atoms with Crippen LogP contribution < -0.4 is 5.32 Å². The zero-order valence-corrected chi connectivity index (χ0v) is 10.9. The van der Waals surface area contributed by atoms with Crippen LogP contribution in [0.15, 0.2) is 54.9 Å². The van der Waals surface area contributed by atoms with Gasteiger partial charge in [0.2, 0.25) is 0 Å². The lowest BCUT2D eigenvalue weighted by Crippen LogP contribution is -2.13. The zero-order chi connectivity index (χ0) is 14.7. The molecular formula is C16H10N4O. The molecule has 0 saturated heterocycles. The summed E-state index contributed by atoms with van der Waals surface area (Å²) >= 11 is 0. The monoisotopic (exact) mass is 274 g/mol. The van der Waals surface area contributed by atoms with Crippen molar-refractivity contribution in [2.75, 3.05) is 5.32 Å². The molecule has 0 aliphatic rings. The van der Waals surface area contributed by atoms with Crippen LogP contribution in [0.1, 0.15) is 16.1 Å². The summed E-state index contributed by atoms with van der Waals surface area (Å²) in [6, 6.07) is 14.3. The van der Waals surface area contributed by atoms with Gasteiger partial charge in [0.1, 0.15) is 11.8 Å². The summed E-state index contributed by atoms with van der Waals surface area (Å²) in [7, 11) is 0. The van der Waals surface area contributed by atoms with E-state index in [0.717, 1.165) is 10.9 Å². The molecule has 0 unspecified atom stereocenters. The Bertz CT molecular complexity index is 845. The number of aromatic nitrogens is 2. The number of amides is 1. The number of hydrogen-bond donors (Lipinski definition) is 1. The maximum atomic E-state index is 12.2. The van der Waals surface area contributed by atoms with E-state index in [0.29, 0.717) is 11.3 Å². The Kier molecular flexibility index (Phi) is 3.27. The molecule has 5 nitrogen and oxygen atoms in total. The van der Waals surface area contributed by atoms with Gasteiger partial charge in [0.05, 0.1) is 16.8 Å². The van der Waals surface area contributed by atoms with E-state index < -0.39 is 0 Å². The van der Waals surface area contributed by atoms with E-state index in [-0.39, 0.29) is 11.6 Å². The third kappa shape index (κ3) is 2.55. The van der Waals surface area contributed by atoms with E-state index in [4.69, 9.17) is 5.26 Å². The number of carbonyl (C=O) groups excluding carboxylic acids is 1. The van der Waals surface area contributed by atoms with Crippen molar-refractivity contribution in [2.24, 2.45) is 0 Å². The Labute approximate surface area is 120 Å². The Balaban J connectivity index is 1.91. The molecule has 0 saturated carbocycles. The summed E-state index contributed by atoms with van der Waals surface area (Å²) in [6.45, 7) is 0. The van der Waals surface area contributed by atoms with E-state index in [1.54, 1.807) is 12.3 Å². The molecule has 21 heavy (non-hydrogen) atoms. The van der Waals surface area contributed by atoms with Crippen LogP contribution in [0.25, 0.3) is 10.9 Å². The second-order valence-corrected chi connectivity index (χ2v) is 4.37. The summed E-state index contributed by atoms with van der Waals surface area (Å²) in [4.78, 5) is 20.4. The first-order valence-corrected chi connectivity index (χ1v) is 6.29. The molecule has 0 aliphatic heterocycles. The first-order chi connectivity index (χ1) is 10.3. The largest absolute Gasteiger partial charge is 0.320 e. The van der Waals surface area contributed by atoms with Crippen molar-refractivity contribution in [1.82, 2.24) is 9.97 Å². The van der Waals surface area contributed by atoms with Gasteiger partial charge in [-0.25, -0.2) is 4.98 Å². The molecule has 3 aromatic rings. The van der Waals surface area contributed by atoms with Gasteiger partial charge in [-0.2, -0.15) is 5.26 Å². The molecule has 3 rings (SSSR count). The Morgan fingerprint density at radius 1 is 1.10 bits per heavy atom. The maximum Gasteiger partial charge on any atom is 0.274 e. The molecule has 1 amide bonds. The number of anilines is 1. The highest BCUT2D eigenvalue weighted by Gasteiger charge is 2.09. The number of nitriles is 1. The van der Waals surface area contributed by atoms with Crippen molar-refractivity contribution in [1.29, 1.82) is 5.26 Å². The van der Waals surface area contributed by atoms with Gasteiger partial charge in [0.25, 0.3) is 5.91 Å².